The standard InChI is InChI=1S/C27H26FN3O2/c28-23-13-11-21(12-14-23)18-30(24-15-16-24)19-31-25(32)27(29-26(31)33,22-9-5-2-6-10-22)17-20-7-3-1-4-8-20/h1-14,24H,15-19H2,(H,29,33). The lowest BCUT2D eigenvalue weighted by molar-refractivity contribution is -0.133. The molecule has 0 radical (unpaired) electrons. The van der Waals surface area contributed by atoms with Crippen molar-refractivity contribution in [3.05, 3.63) is 107 Å². The molecule has 1 aliphatic heterocycles. The molecular formula is C27H26FN3O2. The Hall–Kier alpha value is -3.51. The molecule has 0 spiro atoms. The highest BCUT2D eigenvalue weighted by molar-refractivity contribution is 6.07. The van der Waals surface area contributed by atoms with Crippen molar-refractivity contribution in [2.24, 2.45) is 0 Å². The monoisotopic (exact) mass is 443 g/mol. The van der Waals surface area contributed by atoms with E-state index in [0.29, 0.717) is 19.0 Å². The molecule has 2 aliphatic rings. The topological polar surface area (TPSA) is 52.7 Å². The Bertz CT molecular complexity index is 1130. The van der Waals surface area contributed by atoms with Gasteiger partial charge in [-0.3, -0.25) is 9.69 Å². The zero-order valence-corrected chi connectivity index (χ0v) is 18.3. The fourth-order valence-corrected chi connectivity index (χ4v) is 4.54. The third kappa shape index (κ3) is 4.39. The van der Waals surface area contributed by atoms with Crippen molar-refractivity contribution in [2.45, 2.75) is 37.4 Å². The first-order chi connectivity index (χ1) is 16.0. The molecule has 1 atom stereocenters. The van der Waals surface area contributed by atoms with Crippen LogP contribution in [0.5, 0.6) is 0 Å². The van der Waals surface area contributed by atoms with Gasteiger partial charge < -0.3 is 5.32 Å². The normalized spacial score (nSPS) is 20.4. The number of carbonyl (C=O) groups is 2. The summed E-state index contributed by atoms with van der Waals surface area (Å²) < 4.78 is 13.3. The number of halogens is 1. The predicted molar refractivity (Wildman–Crippen MR) is 123 cm³/mol. The van der Waals surface area contributed by atoms with Crippen LogP contribution in [-0.2, 0) is 23.3 Å². The van der Waals surface area contributed by atoms with Crippen molar-refractivity contribution in [1.29, 1.82) is 0 Å². The zero-order chi connectivity index (χ0) is 22.8. The maximum Gasteiger partial charge on any atom is 0.326 e. The number of amides is 3. The van der Waals surface area contributed by atoms with E-state index >= 15 is 0 Å². The van der Waals surface area contributed by atoms with E-state index in [1.54, 1.807) is 12.1 Å². The van der Waals surface area contributed by atoms with Gasteiger partial charge in [0, 0.05) is 19.0 Å². The molecule has 1 heterocycles. The van der Waals surface area contributed by atoms with Gasteiger partial charge in [-0.05, 0) is 41.7 Å². The van der Waals surface area contributed by atoms with Crippen molar-refractivity contribution in [3.8, 4) is 0 Å². The van der Waals surface area contributed by atoms with E-state index in [4.69, 9.17) is 0 Å². The molecule has 0 bridgehead atoms. The maximum atomic E-state index is 13.9. The first-order valence-corrected chi connectivity index (χ1v) is 11.3. The first-order valence-electron chi connectivity index (χ1n) is 11.3. The highest BCUT2D eigenvalue weighted by Crippen LogP contribution is 2.35. The van der Waals surface area contributed by atoms with Gasteiger partial charge in [0.25, 0.3) is 5.91 Å². The van der Waals surface area contributed by atoms with Crippen LogP contribution in [0.2, 0.25) is 0 Å². The Morgan fingerprint density at radius 2 is 1.52 bits per heavy atom. The number of nitrogens with one attached hydrogen (secondary N) is 1. The van der Waals surface area contributed by atoms with E-state index in [2.05, 4.69) is 10.2 Å². The summed E-state index contributed by atoms with van der Waals surface area (Å²) in [5.41, 5.74) is 1.55. The summed E-state index contributed by atoms with van der Waals surface area (Å²) in [7, 11) is 0. The lowest BCUT2D eigenvalue weighted by atomic mass is 9.83. The fourth-order valence-electron chi connectivity index (χ4n) is 4.54. The lowest BCUT2D eigenvalue weighted by Gasteiger charge is -2.29. The van der Waals surface area contributed by atoms with Crippen LogP contribution in [0.4, 0.5) is 9.18 Å². The highest BCUT2D eigenvalue weighted by Gasteiger charge is 2.53. The van der Waals surface area contributed by atoms with Crippen LogP contribution in [0, 0.1) is 5.82 Å². The summed E-state index contributed by atoms with van der Waals surface area (Å²) in [5.74, 6) is -0.522. The lowest BCUT2D eigenvalue weighted by Crippen LogP contribution is -2.47. The molecule has 2 fully saturated rings. The number of nitrogens with zero attached hydrogens (tertiary/aromatic N) is 2. The molecule has 33 heavy (non-hydrogen) atoms. The van der Waals surface area contributed by atoms with Crippen LogP contribution >= 0.6 is 0 Å². The number of carbonyl (C=O) groups excluding carboxylic acids is 2. The smallest absolute Gasteiger partial charge is 0.319 e. The molecule has 5 rings (SSSR count). The molecule has 3 amide bonds. The average Bonchev–Trinajstić information content (AvgIpc) is 3.65. The van der Waals surface area contributed by atoms with Gasteiger partial charge in [0.2, 0.25) is 0 Å². The Morgan fingerprint density at radius 3 is 2.15 bits per heavy atom. The van der Waals surface area contributed by atoms with E-state index < -0.39 is 5.54 Å². The third-order valence-corrected chi connectivity index (χ3v) is 6.44. The molecule has 1 unspecified atom stereocenters. The molecular weight excluding hydrogens is 417 g/mol. The summed E-state index contributed by atoms with van der Waals surface area (Å²) in [6.45, 7) is 0.759. The summed E-state index contributed by atoms with van der Waals surface area (Å²) in [6.07, 6.45) is 2.43. The number of imide groups is 1. The molecule has 1 saturated heterocycles. The summed E-state index contributed by atoms with van der Waals surface area (Å²) >= 11 is 0. The van der Waals surface area contributed by atoms with Crippen molar-refractivity contribution in [2.75, 3.05) is 6.67 Å². The second-order valence-corrected chi connectivity index (χ2v) is 8.84. The molecule has 0 aromatic heterocycles. The maximum absolute atomic E-state index is 13.9. The van der Waals surface area contributed by atoms with Gasteiger partial charge in [-0.1, -0.05) is 72.8 Å². The van der Waals surface area contributed by atoms with Crippen molar-refractivity contribution >= 4 is 11.9 Å². The Morgan fingerprint density at radius 1 is 0.879 bits per heavy atom. The second-order valence-electron chi connectivity index (χ2n) is 8.84. The molecule has 1 saturated carbocycles. The molecule has 6 heteroatoms. The van der Waals surface area contributed by atoms with Crippen LogP contribution in [0.1, 0.15) is 29.5 Å². The van der Waals surface area contributed by atoms with Gasteiger partial charge in [0.15, 0.2) is 5.54 Å². The van der Waals surface area contributed by atoms with Crippen molar-refractivity contribution < 1.29 is 14.0 Å². The van der Waals surface area contributed by atoms with E-state index in [-0.39, 0.29) is 24.4 Å². The first kappa shape index (κ1) is 21.3. The third-order valence-electron chi connectivity index (χ3n) is 6.44. The van der Waals surface area contributed by atoms with Crippen LogP contribution in [0.25, 0.3) is 0 Å². The minimum absolute atomic E-state index is 0.204. The summed E-state index contributed by atoms with van der Waals surface area (Å²) in [6, 6.07) is 25.5. The molecule has 3 aromatic rings. The molecule has 168 valence electrons. The Labute approximate surface area is 192 Å². The van der Waals surface area contributed by atoms with Crippen LogP contribution < -0.4 is 5.32 Å². The molecule has 3 aromatic carbocycles. The highest BCUT2D eigenvalue weighted by atomic mass is 19.1. The average molecular weight is 444 g/mol. The van der Waals surface area contributed by atoms with E-state index in [9.17, 15) is 14.0 Å². The fraction of sp³-hybridized carbons (Fsp3) is 0.259. The number of rotatable bonds is 8. The van der Waals surface area contributed by atoms with Crippen molar-refractivity contribution in [1.82, 2.24) is 15.1 Å². The van der Waals surface area contributed by atoms with Gasteiger partial charge >= 0.3 is 6.03 Å². The quantitative estimate of drug-likeness (QED) is 0.524. The summed E-state index contributed by atoms with van der Waals surface area (Å²) in [5, 5.41) is 3.03. The number of hydrogen-bond donors (Lipinski definition) is 1. The van der Waals surface area contributed by atoms with E-state index in [0.717, 1.165) is 29.5 Å². The second kappa shape index (κ2) is 8.79. The van der Waals surface area contributed by atoms with Gasteiger partial charge in [0.05, 0.1) is 6.67 Å². The summed E-state index contributed by atoms with van der Waals surface area (Å²) in [4.78, 5) is 30.5. The SMILES string of the molecule is O=C1NC(Cc2ccccc2)(c2ccccc2)C(=O)N1CN(Cc1ccc(F)cc1)C1CC1. The molecule has 1 aliphatic carbocycles. The van der Waals surface area contributed by atoms with E-state index in [1.807, 2.05) is 60.7 Å². The minimum atomic E-state index is -1.15. The predicted octanol–water partition coefficient (Wildman–Crippen LogP) is 4.44. The van der Waals surface area contributed by atoms with Crippen LogP contribution in [-0.4, -0.2) is 34.4 Å². The number of urea groups is 1. The minimum Gasteiger partial charge on any atom is -0.319 e. The zero-order valence-electron chi connectivity index (χ0n) is 18.3. The van der Waals surface area contributed by atoms with Gasteiger partial charge in [-0.15, -0.1) is 0 Å². The Kier molecular flexibility index (Phi) is 5.68. The van der Waals surface area contributed by atoms with E-state index in [1.165, 1.54) is 17.0 Å². The van der Waals surface area contributed by atoms with Gasteiger partial charge in [-0.2, -0.15) is 0 Å². The molecule has 5 nitrogen and oxygen atoms in total. The number of benzene rings is 3. The van der Waals surface area contributed by atoms with Gasteiger partial charge in [-0.25, -0.2) is 14.1 Å². The van der Waals surface area contributed by atoms with Crippen LogP contribution in [0.15, 0.2) is 84.9 Å². The Balaban J connectivity index is 1.43. The number of hydrogen-bond acceptors (Lipinski definition) is 3. The van der Waals surface area contributed by atoms with Gasteiger partial charge in [0.1, 0.15) is 5.82 Å². The largest absolute Gasteiger partial charge is 0.326 e. The van der Waals surface area contributed by atoms with Crippen molar-refractivity contribution in [3.63, 3.8) is 0 Å². The molecule has 1 N–H and O–H groups in total. The van der Waals surface area contributed by atoms with Crippen LogP contribution in [0.3, 0.4) is 0 Å².